The lowest BCUT2D eigenvalue weighted by Crippen LogP contribution is -2.38. The highest BCUT2D eigenvalue weighted by Crippen LogP contribution is 2.47. The van der Waals surface area contributed by atoms with E-state index < -0.39 is 18.1 Å². The number of methoxy groups -OCH3 is 1. The molecule has 2 fully saturated rings. The average Bonchev–Trinajstić information content (AvgIpc) is 3.08. The number of aliphatic hydroxyl groups is 2. The predicted molar refractivity (Wildman–Crippen MR) is 111 cm³/mol. The van der Waals surface area contributed by atoms with Gasteiger partial charge in [0.2, 0.25) is 5.91 Å². The Morgan fingerprint density at radius 1 is 1.28 bits per heavy atom. The molecule has 0 aromatic heterocycles. The third kappa shape index (κ3) is 4.53. The first-order valence-corrected chi connectivity index (χ1v) is 10.7. The lowest BCUT2D eigenvalue weighted by molar-refractivity contribution is -0.133. The van der Waals surface area contributed by atoms with Crippen molar-refractivity contribution in [1.29, 1.82) is 0 Å². The minimum absolute atomic E-state index is 0.0577. The van der Waals surface area contributed by atoms with E-state index in [1.165, 1.54) is 12.8 Å². The number of hydrogen-bond acceptors (Lipinski definition) is 5. The molecule has 1 saturated carbocycles. The van der Waals surface area contributed by atoms with Crippen molar-refractivity contribution < 1.29 is 24.5 Å². The Labute approximate surface area is 173 Å². The van der Waals surface area contributed by atoms with Gasteiger partial charge in [-0.3, -0.25) is 4.79 Å². The average molecular weight is 406 g/mol. The zero-order valence-corrected chi connectivity index (χ0v) is 18.1. The minimum Gasteiger partial charge on any atom is -0.493 e. The molecular weight excluding hydrogens is 370 g/mol. The van der Waals surface area contributed by atoms with Crippen LogP contribution in [0, 0.1) is 11.3 Å². The van der Waals surface area contributed by atoms with Gasteiger partial charge in [-0.1, -0.05) is 19.9 Å². The highest BCUT2D eigenvalue weighted by Gasteiger charge is 2.48. The van der Waals surface area contributed by atoms with Gasteiger partial charge in [-0.05, 0) is 56.2 Å². The number of carbonyl (C=O) groups excluding carboxylic acids is 1. The van der Waals surface area contributed by atoms with Crippen molar-refractivity contribution in [3.05, 3.63) is 23.8 Å². The summed E-state index contributed by atoms with van der Waals surface area (Å²) in [5.41, 5.74) is 0.512. The summed E-state index contributed by atoms with van der Waals surface area (Å²) in [6.07, 6.45) is 4.02. The van der Waals surface area contributed by atoms with Gasteiger partial charge in [0, 0.05) is 24.4 Å². The minimum atomic E-state index is -0.602. The zero-order valence-electron chi connectivity index (χ0n) is 18.1. The molecule has 3 rings (SSSR count). The second-order valence-corrected chi connectivity index (χ2v) is 9.08. The molecule has 1 amide bonds. The topological polar surface area (TPSA) is 79.2 Å². The second-order valence-electron chi connectivity index (χ2n) is 9.08. The summed E-state index contributed by atoms with van der Waals surface area (Å²) >= 11 is 0. The fraction of sp³-hybridized carbons (Fsp3) is 0.696. The largest absolute Gasteiger partial charge is 0.493 e. The summed E-state index contributed by atoms with van der Waals surface area (Å²) in [4.78, 5) is 13.8. The summed E-state index contributed by atoms with van der Waals surface area (Å²) in [7, 11) is 1.64. The molecule has 1 heterocycles. The molecule has 1 aromatic carbocycles. The molecule has 3 atom stereocenters. The lowest BCUT2D eigenvalue weighted by atomic mass is 9.72. The zero-order chi connectivity index (χ0) is 21.2. The fourth-order valence-electron chi connectivity index (χ4n) is 4.74. The van der Waals surface area contributed by atoms with E-state index in [-0.39, 0.29) is 17.9 Å². The van der Waals surface area contributed by atoms with E-state index in [1.807, 2.05) is 25.1 Å². The van der Waals surface area contributed by atoms with Gasteiger partial charge in [0.25, 0.3) is 0 Å². The number of aliphatic hydroxyl groups excluding tert-OH is 2. The molecule has 0 bridgehead atoms. The van der Waals surface area contributed by atoms with Crippen LogP contribution in [0.2, 0.25) is 0 Å². The summed E-state index contributed by atoms with van der Waals surface area (Å²) in [5.74, 6) is 1.82. The number of rotatable bonds is 6. The summed E-state index contributed by atoms with van der Waals surface area (Å²) in [6, 6.07) is 5.91. The van der Waals surface area contributed by atoms with Crippen LogP contribution < -0.4 is 9.47 Å². The van der Waals surface area contributed by atoms with Crippen molar-refractivity contribution in [1.82, 2.24) is 4.90 Å². The third-order valence-corrected chi connectivity index (χ3v) is 7.02. The number of hydrogen-bond donors (Lipinski definition) is 2. The standard InChI is InChI=1S/C23H35NO5/c1-15-5-8-18(9-6-15)29-21-11-17(7-10-20(21)28-4)19-12-24(22(27)13-25)14-23(19,3)16(2)26/h7,10-11,15-16,18-19,25-26H,5-6,8-9,12-14H2,1-4H3/t15?,16-,18?,19?,23?/m1/s1. The van der Waals surface area contributed by atoms with Gasteiger partial charge in [0.1, 0.15) is 6.61 Å². The molecule has 1 aliphatic carbocycles. The van der Waals surface area contributed by atoms with Crippen LogP contribution in [0.1, 0.15) is 57.9 Å². The lowest BCUT2D eigenvalue weighted by Gasteiger charge is -2.34. The van der Waals surface area contributed by atoms with Gasteiger partial charge in [-0.15, -0.1) is 0 Å². The van der Waals surface area contributed by atoms with Crippen LogP contribution in [0.15, 0.2) is 18.2 Å². The summed E-state index contributed by atoms with van der Waals surface area (Å²) in [6.45, 7) is 6.42. The molecule has 162 valence electrons. The van der Waals surface area contributed by atoms with Crippen LogP contribution in [-0.4, -0.2) is 60.0 Å². The smallest absolute Gasteiger partial charge is 0.248 e. The van der Waals surface area contributed by atoms with E-state index in [0.717, 1.165) is 30.1 Å². The number of ether oxygens (including phenoxy) is 2. The second kappa shape index (κ2) is 8.92. The molecule has 1 aromatic rings. The van der Waals surface area contributed by atoms with Crippen molar-refractivity contribution in [2.24, 2.45) is 11.3 Å². The van der Waals surface area contributed by atoms with Gasteiger partial charge in [-0.2, -0.15) is 0 Å². The quantitative estimate of drug-likeness (QED) is 0.761. The van der Waals surface area contributed by atoms with Gasteiger partial charge >= 0.3 is 0 Å². The summed E-state index contributed by atoms with van der Waals surface area (Å²) < 4.78 is 11.9. The van der Waals surface area contributed by atoms with Crippen LogP contribution in [0.4, 0.5) is 0 Å². The molecule has 1 saturated heterocycles. The van der Waals surface area contributed by atoms with Gasteiger partial charge < -0.3 is 24.6 Å². The molecule has 29 heavy (non-hydrogen) atoms. The van der Waals surface area contributed by atoms with Crippen LogP contribution in [0.25, 0.3) is 0 Å². The van der Waals surface area contributed by atoms with Crippen LogP contribution in [-0.2, 0) is 4.79 Å². The molecule has 1 aliphatic heterocycles. The van der Waals surface area contributed by atoms with Gasteiger partial charge in [0.15, 0.2) is 11.5 Å². The molecule has 0 radical (unpaired) electrons. The third-order valence-electron chi connectivity index (χ3n) is 7.02. The molecule has 2 aliphatic rings. The Morgan fingerprint density at radius 2 is 1.97 bits per heavy atom. The maximum Gasteiger partial charge on any atom is 0.248 e. The molecule has 2 N–H and O–H groups in total. The Hall–Kier alpha value is -1.79. The number of carbonyl (C=O) groups is 1. The first-order valence-electron chi connectivity index (χ1n) is 10.7. The fourth-order valence-corrected chi connectivity index (χ4v) is 4.74. The van der Waals surface area contributed by atoms with E-state index >= 15 is 0 Å². The maximum absolute atomic E-state index is 12.1. The highest BCUT2D eigenvalue weighted by molar-refractivity contribution is 5.77. The normalized spacial score (nSPS) is 30.8. The van der Waals surface area contributed by atoms with Crippen molar-refractivity contribution in [2.45, 2.75) is 64.6 Å². The van der Waals surface area contributed by atoms with Crippen molar-refractivity contribution >= 4 is 5.91 Å². The van der Waals surface area contributed by atoms with E-state index in [0.29, 0.717) is 18.8 Å². The van der Waals surface area contributed by atoms with Crippen LogP contribution >= 0.6 is 0 Å². The van der Waals surface area contributed by atoms with E-state index in [4.69, 9.17) is 9.47 Å². The van der Waals surface area contributed by atoms with Crippen molar-refractivity contribution in [3.8, 4) is 11.5 Å². The number of likely N-dealkylation sites (tertiary alicyclic amines) is 1. The van der Waals surface area contributed by atoms with Gasteiger partial charge in [-0.25, -0.2) is 0 Å². The number of nitrogens with zero attached hydrogens (tertiary/aromatic N) is 1. The first-order chi connectivity index (χ1) is 13.8. The Bertz CT molecular complexity index is 713. The highest BCUT2D eigenvalue weighted by atomic mass is 16.5. The van der Waals surface area contributed by atoms with E-state index in [1.54, 1.807) is 18.9 Å². The Balaban J connectivity index is 1.87. The van der Waals surface area contributed by atoms with E-state index in [2.05, 4.69) is 6.92 Å². The van der Waals surface area contributed by atoms with Crippen LogP contribution in [0.3, 0.4) is 0 Å². The molecule has 2 unspecified atom stereocenters. The van der Waals surface area contributed by atoms with Crippen molar-refractivity contribution in [2.75, 3.05) is 26.8 Å². The van der Waals surface area contributed by atoms with Crippen LogP contribution in [0.5, 0.6) is 11.5 Å². The van der Waals surface area contributed by atoms with E-state index in [9.17, 15) is 15.0 Å². The predicted octanol–water partition coefficient (Wildman–Crippen LogP) is 2.96. The Morgan fingerprint density at radius 3 is 2.55 bits per heavy atom. The molecule has 6 nitrogen and oxygen atoms in total. The maximum atomic E-state index is 12.1. The monoisotopic (exact) mass is 405 g/mol. The van der Waals surface area contributed by atoms with Gasteiger partial charge in [0.05, 0.1) is 19.3 Å². The number of benzene rings is 1. The summed E-state index contributed by atoms with van der Waals surface area (Å²) in [5, 5.41) is 19.8. The molecular formula is C23H35NO5. The molecule has 6 heteroatoms. The molecule has 0 spiro atoms. The first kappa shape index (κ1) is 21.9. The SMILES string of the molecule is COc1ccc(C2CN(C(=O)CO)CC2(C)[C@@H](C)O)cc1OC1CCC(C)CC1. The Kier molecular flexibility index (Phi) is 6.74. The van der Waals surface area contributed by atoms with Crippen molar-refractivity contribution in [3.63, 3.8) is 0 Å². The number of amides is 1.